The molecule has 25 heavy (non-hydrogen) atoms. The molecule has 0 amide bonds. The Bertz CT molecular complexity index is 664. The van der Waals surface area contributed by atoms with E-state index in [4.69, 9.17) is 9.15 Å². The third-order valence-electron chi connectivity index (χ3n) is 4.09. The van der Waals surface area contributed by atoms with Crippen LogP contribution in [-0.4, -0.2) is 40.0 Å². The molecule has 1 aliphatic heterocycles. The molecular formula is C16H25IN6O2. The zero-order valence-electron chi connectivity index (χ0n) is 14.6. The minimum Gasteiger partial charge on any atom is -0.467 e. The molecule has 8 nitrogen and oxygen atoms in total. The minimum absolute atomic E-state index is 0. The van der Waals surface area contributed by atoms with Gasteiger partial charge in [0.05, 0.1) is 18.9 Å². The van der Waals surface area contributed by atoms with Crippen molar-refractivity contribution in [1.29, 1.82) is 0 Å². The molecule has 0 spiro atoms. The van der Waals surface area contributed by atoms with Crippen LogP contribution < -0.4 is 10.6 Å². The van der Waals surface area contributed by atoms with Gasteiger partial charge >= 0.3 is 0 Å². The maximum atomic E-state index is 5.65. The van der Waals surface area contributed by atoms with Crippen LogP contribution in [0, 0.1) is 6.92 Å². The lowest BCUT2D eigenvalue weighted by atomic mass is 10.2. The first-order valence-corrected chi connectivity index (χ1v) is 8.23. The lowest BCUT2D eigenvalue weighted by molar-refractivity contribution is 0.113. The largest absolute Gasteiger partial charge is 0.467 e. The molecule has 1 fully saturated rings. The third-order valence-corrected chi connectivity index (χ3v) is 4.09. The maximum Gasteiger partial charge on any atom is 0.192 e. The van der Waals surface area contributed by atoms with Crippen molar-refractivity contribution in [1.82, 2.24) is 25.4 Å². The van der Waals surface area contributed by atoms with Crippen LogP contribution in [0.25, 0.3) is 0 Å². The third kappa shape index (κ3) is 5.70. The number of hydrogen-bond donors (Lipinski definition) is 2. The summed E-state index contributed by atoms with van der Waals surface area (Å²) in [5, 5.41) is 14.8. The molecule has 138 valence electrons. The highest BCUT2D eigenvalue weighted by atomic mass is 127. The number of ether oxygens (including phenoxy) is 1. The summed E-state index contributed by atoms with van der Waals surface area (Å²) in [6.07, 6.45) is 4.12. The van der Waals surface area contributed by atoms with Gasteiger partial charge in [-0.3, -0.25) is 0 Å². The smallest absolute Gasteiger partial charge is 0.192 e. The van der Waals surface area contributed by atoms with Crippen LogP contribution in [0.1, 0.15) is 30.3 Å². The molecule has 1 unspecified atom stereocenters. The number of aliphatic imine (C=N–C) groups is 1. The first kappa shape index (κ1) is 19.7. The highest BCUT2D eigenvalue weighted by Crippen LogP contribution is 2.10. The summed E-state index contributed by atoms with van der Waals surface area (Å²) >= 11 is 0. The lowest BCUT2D eigenvalue weighted by Gasteiger charge is -2.15. The van der Waals surface area contributed by atoms with Gasteiger partial charge in [-0.1, -0.05) is 0 Å². The Hall–Kier alpha value is -1.62. The van der Waals surface area contributed by atoms with Gasteiger partial charge in [0.2, 0.25) is 0 Å². The van der Waals surface area contributed by atoms with Gasteiger partial charge in [0.15, 0.2) is 11.8 Å². The molecule has 0 radical (unpaired) electrons. The van der Waals surface area contributed by atoms with Crippen molar-refractivity contribution in [2.45, 2.75) is 39.0 Å². The van der Waals surface area contributed by atoms with Crippen LogP contribution >= 0.6 is 24.0 Å². The quantitative estimate of drug-likeness (QED) is 0.388. The summed E-state index contributed by atoms with van der Waals surface area (Å²) in [5.74, 6) is 3.26. The van der Waals surface area contributed by atoms with E-state index in [2.05, 4.69) is 25.8 Å². The molecule has 9 heteroatoms. The van der Waals surface area contributed by atoms with E-state index in [0.717, 1.165) is 43.4 Å². The van der Waals surface area contributed by atoms with Crippen molar-refractivity contribution in [3.05, 3.63) is 35.8 Å². The Labute approximate surface area is 164 Å². The first-order valence-electron chi connectivity index (χ1n) is 8.23. The Morgan fingerprint density at radius 1 is 1.40 bits per heavy atom. The molecule has 0 bridgehead atoms. The molecule has 1 saturated heterocycles. The summed E-state index contributed by atoms with van der Waals surface area (Å²) in [6.45, 7) is 4.53. The summed E-state index contributed by atoms with van der Waals surface area (Å²) in [6, 6.07) is 3.80. The second-order valence-corrected chi connectivity index (χ2v) is 5.84. The van der Waals surface area contributed by atoms with E-state index < -0.39 is 0 Å². The summed E-state index contributed by atoms with van der Waals surface area (Å²) in [7, 11) is 1.94. The highest BCUT2D eigenvalue weighted by molar-refractivity contribution is 14.0. The molecule has 1 aliphatic rings. The zero-order valence-corrected chi connectivity index (χ0v) is 16.9. The van der Waals surface area contributed by atoms with E-state index in [9.17, 15) is 0 Å². The zero-order chi connectivity index (χ0) is 16.8. The van der Waals surface area contributed by atoms with E-state index in [1.54, 1.807) is 6.26 Å². The van der Waals surface area contributed by atoms with Crippen LogP contribution in [0.5, 0.6) is 0 Å². The van der Waals surface area contributed by atoms with Gasteiger partial charge in [-0.05, 0) is 31.9 Å². The second kappa shape index (κ2) is 9.76. The molecular weight excluding hydrogens is 435 g/mol. The number of nitrogens with zero attached hydrogens (tertiary/aromatic N) is 4. The van der Waals surface area contributed by atoms with Gasteiger partial charge < -0.3 is 24.4 Å². The highest BCUT2D eigenvalue weighted by Gasteiger charge is 2.15. The Morgan fingerprint density at radius 2 is 2.28 bits per heavy atom. The van der Waals surface area contributed by atoms with Crippen molar-refractivity contribution in [2.24, 2.45) is 12.0 Å². The van der Waals surface area contributed by atoms with Gasteiger partial charge in [0.1, 0.15) is 18.1 Å². The Morgan fingerprint density at radius 3 is 2.92 bits per heavy atom. The molecule has 3 rings (SSSR count). The average molecular weight is 460 g/mol. The number of furan rings is 1. The number of guanidine groups is 1. The standard InChI is InChI=1S/C16H24N6O2.HI/c1-12-20-21-15(22(12)2)11-19-16(17-9-13-5-3-7-23-13)18-10-14-6-4-8-24-14;/h3,5,7,14H,4,6,8-11H2,1-2H3,(H2,17,18,19);1H. The second-order valence-electron chi connectivity index (χ2n) is 5.84. The number of aromatic nitrogens is 3. The molecule has 2 aromatic heterocycles. The number of halogens is 1. The summed E-state index contributed by atoms with van der Waals surface area (Å²) in [5.41, 5.74) is 0. The van der Waals surface area contributed by atoms with E-state index in [1.807, 2.05) is 30.7 Å². The normalized spacial score (nSPS) is 17.4. The summed E-state index contributed by atoms with van der Waals surface area (Å²) in [4.78, 5) is 4.60. The molecule has 1 atom stereocenters. The van der Waals surface area contributed by atoms with Crippen molar-refractivity contribution in [3.8, 4) is 0 Å². The molecule has 2 N–H and O–H groups in total. The van der Waals surface area contributed by atoms with Crippen molar-refractivity contribution < 1.29 is 9.15 Å². The molecule has 0 aromatic carbocycles. The molecule has 2 aromatic rings. The van der Waals surface area contributed by atoms with Gasteiger partial charge in [-0.15, -0.1) is 34.2 Å². The maximum absolute atomic E-state index is 5.65. The van der Waals surface area contributed by atoms with Gasteiger partial charge in [-0.25, -0.2) is 4.99 Å². The number of rotatable bonds is 6. The average Bonchev–Trinajstić information content (AvgIpc) is 3.33. The van der Waals surface area contributed by atoms with Crippen molar-refractivity contribution in [2.75, 3.05) is 13.2 Å². The van der Waals surface area contributed by atoms with Crippen LogP contribution in [0.3, 0.4) is 0 Å². The monoisotopic (exact) mass is 460 g/mol. The fourth-order valence-electron chi connectivity index (χ4n) is 2.51. The predicted molar refractivity (Wildman–Crippen MR) is 105 cm³/mol. The van der Waals surface area contributed by atoms with Crippen molar-refractivity contribution >= 4 is 29.9 Å². The SMILES string of the molecule is Cc1nnc(CN=C(NCc2ccco2)NCC2CCCO2)n1C.I. The van der Waals surface area contributed by atoms with Crippen molar-refractivity contribution in [3.63, 3.8) is 0 Å². The van der Waals surface area contributed by atoms with E-state index in [-0.39, 0.29) is 30.1 Å². The fourth-order valence-corrected chi connectivity index (χ4v) is 2.51. The number of hydrogen-bond acceptors (Lipinski definition) is 5. The lowest BCUT2D eigenvalue weighted by Crippen LogP contribution is -2.40. The summed E-state index contributed by atoms with van der Waals surface area (Å²) < 4.78 is 12.9. The van der Waals surface area contributed by atoms with Crippen LogP contribution in [0.2, 0.25) is 0 Å². The Balaban J connectivity index is 0.00000225. The van der Waals surface area contributed by atoms with Gasteiger partial charge in [-0.2, -0.15) is 0 Å². The van der Waals surface area contributed by atoms with Gasteiger partial charge in [0.25, 0.3) is 0 Å². The van der Waals surface area contributed by atoms with E-state index in [1.165, 1.54) is 0 Å². The van der Waals surface area contributed by atoms with E-state index in [0.29, 0.717) is 19.0 Å². The molecule has 0 aliphatic carbocycles. The van der Waals surface area contributed by atoms with E-state index >= 15 is 0 Å². The van der Waals surface area contributed by atoms with Crippen LogP contribution in [-0.2, 0) is 24.9 Å². The molecule has 0 saturated carbocycles. The number of aryl methyl sites for hydroxylation is 1. The van der Waals surface area contributed by atoms with Crippen LogP contribution in [0.4, 0.5) is 0 Å². The topological polar surface area (TPSA) is 89.5 Å². The molecule has 3 heterocycles. The number of nitrogens with one attached hydrogen (secondary N) is 2. The van der Waals surface area contributed by atoms with Gasteiger partial charge in [0, 0.05) is 20.2 Å². The fraction of sp³-hybridized carbons (Fsp3) is 0.562. The predicted octanol–water partition coefficient (Wildman–Crippen LogP) is 1.75. The minimum atomic E-state index is 0. The first-order chi connectivity index (χ1) is 11.7. The van der Waals surface area contributed by atoms with Crippen LogP contribution in [0.15, 0.2) is 27.8 Å². The Kier molecular flexibility index (Phi) is 7.69.